The van der Waals surface area contributed by atoms with E-state index in [0.717, 1.165) is 47.5 Å². The maximum absolute atomic E-state index is 13.2. The van der Waals surface area contributed by atoms with Crippen molar-refractivity contribution in [3.63, 3.8) is 0 Å². The topological polar surface area (TPSA) is 125 Å². The van der Waals surface area contributed by atoms with Gasteiger partial charge < -0.3 is 29.9 Å². The van der Waals surface area contributed by atoms with Gasteiger partial charge in [0.15, 0.2) is 0 Å². The number of hydrogen-bond donors (Lipinski definition) is 3. The van der Waals surface area contributed by atoms with Crippen molar-refractivity contribution in [1.82, 2.24) is 0 Å². The van der Waals surface area contributed by atoms with Crippen LogP contribution in [-0.2, 0) is 30.3 Å². The molecule has 1 atom stereocenters. The van der Waals surface area contributed by atoms with E-state index < -0.39 is 5.97 Å². The molecule has 1 amide bonds. The molecule has 1 fully saturated rings. The van der Waals surface area contributed by atoms with E-state index in [9.17, 15) is 19.5 Å². The zero-order chi connectivity index (χ0) is 33.9. The molecule has 0 radical (unpaired) electrons. The normalized spacial score (nSPS) is 14.0. The average Bonchev–Trinajstić information content (AvgIpc) is 3.03. The highest BCUT2D eigenvalue weighted by Gasteiger charge is 2.26. The van der Waals surface area contributed by atoms with Crippen LogP contribution in [0.2, 0.25) is 0 Å². The quantitative estimate of drug-likeness (QED) is 0.138. The molecule has 2 aromatic rings. The van der Waals surface area contributed by atoms with Gasteiger partial charge in [0.25, 0.3) is 0 Å². The van der Waals surface area contributed by atoms with E-state index in [0.29, 0.717) is 37.8 Å². The van der Waals surface area contributed by atoms with Gasteiger partial charge in [-0.25, -0.2) is 4.79 Å². The van der Waals surface area contributed by atoms with E-state index >= 15 is 0 Å². The Hall–Kier alpha value is -3.69. The Morgan fingerprint density at radius 2 is 1.74 bits per heavy atom. The summed E-state index contributed by atoms with van der Waals surface area (Å²) in [6, 6.07) is 14.6. The van der Waals surface area contributed by atoms with Crippen molar-refractivity contribution in [2.75, 3.05) is 44.2 Å². The summed E-state index contributed by atoms with van der Waals surface area (Å²) in [5, 5.41) is 21.0. The number of carboxylic acid groups (broad SMARTS) is 1. The summed E-state index contributed by atoms with van der Waals surface area (Å²) < 4.78 is 9.55. The number of aliphatic carboxylic acids is 1. The molecule has 9 nitrogen and oxygen atoms in total. The highest BCUT2D eigenvalue weighted by atomic mass is 16.5. The number of ether oxygens (including phenoxy) is 2. The molecule has 3 rings (SSSR count). The molecule has 0 heterocycles. The van der Waals surface area contributed by atoms with E-state index in [2.05, 4.69) is 34.9 Å². The second-order valence-corrected chi connectivity index (χ2v) is 12.3. The second-order valence-electron chi connectivity index (χ2n) is 12.3. The fourth-order valence-corrected chi connectivity index (χ4v) is 5.65. The lowest BCUT2D eigenvalue weighted by Gasteiger charge is -2.38. The van der Waals surface area contributed by atoms with Crippen LogP contribution < -0.4 is 10.2 Å². The summed E-state index contributed by atoms with van der Waals surface area (Å²) in [6.07, 6.45) is 10.3. The number of aliphatic hydroxyl groups is 1. The standard InChI is InChI=1S/C31H44N2O4.C6H10O3/c1-22(2)21-33(27-8-6-5-7-9-27)29-15-14-25(26(16-17-37-4)20-31(35)36)19-28(29)32-30(34)18-24-12-10-23(3)11-13-24;1-9-6(8)4-2-3-5-7/h10-15,19,22,26-27H,5-9,16-18,20-21H2,1-4H3,(H,32,34)(H,35,36);2,4,7H,3,5H2,1H3/b;4-2-. The van der Waals surface area contributed by atoms with Crippen molar-refractivity contribution >= 4 is 29.2 Å². The predicted molar refractivity (Wildman–Crippen MR) is 183 cm³/mol. The van der Waals surface area contributed by atoms with Gasteiger partial charge in [-0.3, -0.25) is 9.59 Å². The third-order valence-corrected chi connectivity index (χ3v) is 7.98. The van der Waals surface area contributed by atoms with Crippen molar-refractivity contribution in [2.24, 2.45) is 5.92 Å². The molecule has 0 bridgehead atoms. The van der Waals surface area contributed by atoms with Crippen molar-refractivity contribution in [3.8, 4) is 0 Å². The number of amides is 1. The van der Waals surface area contributed by atoms with Crippen LogP contribution in [0.25, 0.3) is 0 Å². The van der Waals surface area contributed by atoms with Crippen LogP contribution in [-0.4, -0.2) is 68.1 Å². The van der Waals surface area contributed by atoms with E-state index in [1.807, 2.05) is 43.3 Å². The van der Waals surface area contributed by atoms with Crippen molar-refractivity contribution in [2.45, 2.75) is 90.5 Å². The number of benzene rings is 2. The first-order chi connectivity index (χ1) is 22.1. The Balaban J connectivity index is 0.000000713. The molecule has 254 valence electrons. The van der Waals surface area contributed by atoms with Crippen molar-refractivity contribution in [1.29, 1.82) is 0 Å². The number of nitrogens with one attached hydrogen (secondary N) is 1. The minimum Gasteiger partial charge on any atom is -0.481 e. The molecule has 0 aliphatic heterocycles. The third-order valence-electron chi connectivity index (χ3n) is 7.98. The Kier molecular flexibility index (Phi) is 17.7. The Morgan fingerprint density at radius 1 is 1.04 bits per heavy atom. The average molecular weight is 639 g/mol. The van der Waals surface area contributed by atoms with Gasteiger partial charge in [-0.2, -0.15) is 0 Å². The Labute approximate surface area is 275 Å². The summed E-state index contributed by atoms with van der Waals surface area (Å²) in [6.45, 7) is 7.95. The van der Waals surface area contributed by atoms with Crippen LogP contribution in [0.15, 0.2) is 54.6 Å². The van der Waals surface area contributed by atoms with Gasteiger partial charge >= 0.3 is 11.9 Å². The lowest BCUT2D eigenvalue weighted by molar-refractivity contribution is -0.137. The van der Waals surface area contributed by atoms with Gasteiger partial charge in [-0.15, -0.1) is 0 Å². The number of nitrogens with zero attached hydrogens (tertiary/aromatic N) is 1. The Morgan fingerprint density at radius 3 is 2.33 bits per heavy atom. The zero-order valence-electron chi connectivity index (χ0n) is 28.3. The largest absolute Gasteiger partial charge is 0.481 e. The van der Waals surface area contributed by atoms with Crippen molar-refractivity contribution < 1.29 is 34.1 Å². The first kappa shape index (κ1) is 38.5. The van der Waals surface area contributed by atoms with Gasteiger partial charge in [0, 0.05) is 39.0 Å². The number of esters is 1. The summed E-state index contributed by atoms with van der Waals surface area (Å²) in [7, 11) is 2.94. The lowest BCUT2D eigenvalue weighted by atomic mass is 9.90. The molecular weight excluding hydrogens is 584 g/mol. The molecule has 0 saturated heterocycles. The van der Waals surface area contributed by atoms with Crippen LogP contribution in [0.5, 0.6) is 0 Å². The maximum Gasteiger partial charge on any atom is 0.330 e. The number of carbonyl (C=O) groups is 3. The SMILES string of the molecule is COC(=O)/C=C\CCO.COCCC(CC(=O)O)c1ccc(N(CC(C)C)C2CCCCC2)c(NC(=O)Cc2ccc(C)cc2)c1. The molecule has 1 saturated carbocycles. The number of carbonyl (C=O) groups excluding carboxylic acids is 2. The zero-order valence-corrected chi connectivity index (χ0v) is 28.3. The van der Waals surface area contributed by atoms with Crippen LogP contribution in [0.4, 0.5) is 11.4 Å². The van der Waals surface area contributed by atoms with Crippen LogP contribution in [0.1, 0.15) is 87.8 Å². The Bertz CT molecular complexity index is 1240. The van der Waals surface area contributed by atoms with Gasteiger partial charge in [-0.05, 0) is 67.7 Å². The minimum atomic E-state index is -0.834. The van der Waals surface area contributed by atoms with Crippen LogP contribution in [0, 0.1) is 12.8 Å². The fourth-order valence-electron chi connectivity index (χ4n) is 5.65. The second kappa shape index (κ2) is 21.2. The number of carboxylic acids is 1. The predicted octanol–water partition coefficient (Wildman–Crippen LogP) is 6.66. The molecule has 1 aliphatic carbocycles. The molecule has 1 unspecified atom stereocenters. The van der Waals surface area contributed by atoms with Gasteiger partial charge in [-0.1, -0.05) is 75.1 Å². The minimum absolute atomic E-state index is 0.0256. The van der Waals surface area contributed by atoms with Crippen LogP contribution >= 0.6 is 0 Å². The number of aryl methyl sites for hydroxylation is 1. The van der Waals surface area contributed by atoms with Gasteiger partial charge in [0.2, 0.25) is 5.91 Å². The maximum atomic E-state index is 13.2. The smallest absolute Gasteiger partial charge is 0.330 e. The molecular formula is C37H54N2O7. The van der Waals surface area contributed by atoms with Crippen LogP contribution in [0.3, 0.4) is 0 Å². The summed E-state index contributed by atoms with van der Waals surface area (Å²) in [5.74, 6) is -1.00. The molecule has 1 aliphatic rings. The van der Waals surface area contributed by atoms with Gasteiger partial charge in [0.1, 0.15) is 0 Å². The molecule has 9 heteroatoms. The fraction of sp³-hybridized carbons (Fsp3) is 0.541. The number of anilines is 2. The monoisotopic (exact) mass is 638 g/mol. The van der Waals surface area contributed by atoms with E-state index in [1.165, 1.54) is 32.4 Å². The molecule has 2 aromatic carbocycles. The van der Waals surface area contributed by atoms with E-state index in [4.69, 9.17) is 9.84 Å². The molecule has 46 heavy (non-hydrogen) atoms. The summed E-state index contributed by atoms with van der Waals surface area (Å²) in [4.78, 5) is 37.6. The van der Waals surface area contributed by atoms with E-state index in [-0.39, 0.29) is 30.8 Å². The number of aliphatic hydroxyl groups excluding tert-OH is 1. The molecule has 0 spiro atoms. The number of methoxy groups -OCH3 is 2. The molecule has 3 N–H and O–H groups in total. The highest BCUT2D eigenvalue weighted by Crippen LogP contribution is 2.37. The lowest BCUT2D eigenvalue weighted by Crippen LogP contribution is -2.40. The summed E-state index contributed by atoms with van der Waals surface area (Å²) >= 11 is 0. The highest BCUT2D eigenvalue weighted by molar-refractivity contribution is 5.96. The van der Waals surface area contributed by atoms with Gasteiger partial charge in [0.05, 0.1) is 31.3 Å². The third kappa shape index (κ3) is 14.2. The summed E-state index contributed by atoms with van der Waals surface area (Å²) in [5.41, 5.74) is 4.85. The molecule has 0 aromatic heterocycles. The first-order valence-corrected chi connectivity index (χ1v) is 16.4. The number of rotatable bonds is 16. The first-order valence-electron chi connectivity index (χ1n) is 16.4. The number of hydrogen-bond acceptors (Lipinski definition) is 7. The van der Waals surface area contributed by atoms with Crippen molar-refractivity contribution in [3.05, 3.63) is 71.3 Å². The van der Waals surface area contributed by atoms with E-state index in [1.54, 1.807) is 13.2 Å².